The molecule has 0 aliphatic rings. The first-order valence-corrected chi connectivity index (χ1v) is 4.55. The number of hydrogen-bond acceptors (Lipinski definition) is 3. The molecular weight excluding hydrogens is 206 g/mol. The average Bonchev–Trinajstić information content (AvgIpc) is 2.49. The summed E-state index contributed by atoms with van der Waals surface area (Å²) in [4.78, 5) is 13.4. The van der Waals surface area contributed by atoms with Crippen molar-refractivity contribution in [1.82, 2.24) is 9.55 Å². The van der Waals surface area contributed by atoms with Crippen molar-refractivity contribution >= 4 is 17.4 Å². The molecule has 1 aromatic rings. The first-order chi connectivity index (χ1) is 6.65. The van der Waals surface area contributed by atoms with Gasteiger partial charge in [0.2, 0.25) is 0 Å². The summed E-state index contributed by atoms with van der Waals surface area (Å²) >= 11 is 5.68. The van der Waals surface area contributed by atoms with Crippen LogP contribution in [0.4, 0.5) is 5.82 Å². The SMILES string of the molecule is CC/C=C/Cn1cc([N+](=O)[O-])nc1Cl. The van der Waals surface area contributed by atoms with Gasteiger partial charge in [-0.25, -0.2) is 0 Å². The van der Waals surface area contributed by atoms with Crippen LogP contribution >= 0.6 is 11.6 Å². The van der Waals surface area contributed by atoms with E-state index in [-0.39, 0.29) is 11.1 Å². The molecule has 0 aliphatic carbocycles. The molecule has 0 radical (unpaired) electrons. The lowest BCUT2D eigenvalue weighted by molar-refractivity contribution is -0.389. The van der Waals surface area contributed by atoms with Crippen LogP contribution < -0.4 is 0 Å². The minimum absolute atomic E-state index is 0.137. The molecule has 0 saturated carbocycles. The van der Waals surface area contributed by atoms with Crippen LogP contribution in [-0.4, -0.2) is 14.5 Å². The van der Waals surface area contributed by atoms with Gasteiger partial charge in [-0.2, -0.15) is 0 Å². The molecule has 1 aromatic heterocycles. The average molecular weight is 216 g/mol. The molecule has 0 amide bonds. The fraction of sp³-hybridized carbons (Fsp3) is 0.375. The van der Waals surface area contributed by atoms with E-state index in [1.165, 1.54) is 10.8 Å². The van der Waals surface area contributed by atoms with Crippen LogP contribution in [0.5, 0.6) is 0 Å². The molecular formula is C8H10ClN3O2. The van der Waals surface area contributed by atoms with Crippen LogP contribution in [0.1, 0.15) is 13.3 Å². The predicted molar refractivity (Wildman–Crippen MR) is 53.3 cm³/mol. The number of nitro groups is 1. The summed E-state index contributed by atoms with van der Waals surface area (Å²) in [6, 6.07) is 0. The van der Waals surface area contributed by atoms with Crippen LogP contribution in [0, 0.1) is 10.1 Å². The normalized spacial score (nSPS) is 11.0. The van der Waals surface area contributed by atoms with E-state index in [2.05, 4.69) is 4.98 Å². The minimum Gasteiger partial charge on any atom is -0.358 e. The van der Waals surface area contributed by atoms with Gasteiger partial charge in [0.25, 0.3) is 0 Å². The third-order valence-corrected chi connectivity index (χ3v) is 1.91. The lowest BCUT2D eigenvalue weighted by Crippen LogP contribution is -1.92. The van der Waals surface area contributed by atoms with Gasteiger partial charge >= 0.3 is 11.1 Å². The maximum Gasteiger partial charge on any atom is 0.383 e. The fourth-order valence-electron chi connectivity index (χ4n) is 0.951. The second kappa shape index (κ2) is 4.76. The molecule has 0 bridgehead atoms. The van der Waals surface area contributed by atoms with Crippen molar-refractivity contribution < 1.29 is 4.92 Å². The number of halogens is 1. The molecule has 0 atom stereocenters. The molecule has 1 heterocycles. The minimum atomic E-state index is -0.564. The quantitative estimate of drug-likeness (QED) is 0.440. The molecule has 5 nitrogen and oxygen atoms in total. The van der Waals surface area contributed by atoms with Crippen LogP contribution in [-0.2, 0) is 6.54 Å². The summed E-state index contributed by atoms with van der Waals surface area (Å²) in [6.07, 6.45) is 6.09. The van der Waals surface area contributed by atoms with Crippen LogP contribution in [0.2, 0.25) is 5.28 Å². The molecule has 0 aliphatic heterocycles. The Morgan fingerprint density at radius 2 is 2.43 bits per heavy atom. The van der Waals surface area contributed by atoms with E-state index >= 15 is 0 Å². The summed E-state index contributed by atoms with van der Waals surface area (Å²) in [7, 11) is 0. The van der Waals surface area contributed by atoms with Gasteiger partial charge in [0, 0.05) is 6.54 Å². The van der Waals surface area contributed by atoms with Crippen molar-refractivity contribution in [2.24, 2.45) is 0 Å². The number of nitrogens with zero attached hydrogens (tertiary/aromatic N) is 3. The van der Waals surface area contributed by atoms with Gasteiger partial charge in [0.1, 0.15) is 6.20 Å². The summed E-state index contributed by atoms with van der Waals surface area (Å²) in [5.41, 5.74) is 0. The molecule has 0 spiro atoms. The Labute approximate surface area is 86.2 Å². The van der Waals surface area contributed by atoms with Crippen LogP contribution in [0.3, 0.4) is 0 Å². The second-order valence-corrected chi connectivity index (χ2v) is 3.00. The first-order valence-electron chi connectivity index (χ1n) is 4.17. The lowest BCUT2D eigenvalue weighted by atomic mass is 10.4. The zero-order valence-electron chi connectivity index (χ0n) is 7.68. The standard InChI is InChI=1S/C8H10ClN3O2/c1-2-3-4-5-11-6-7(12(13)14)10-8(11)9/h3-4,6H,2,5H2,1H3/b4-3+. The number of hydrogen-bond donors (Lipinski definition) is 0. The molecule has 76 valence electrons. The zero-order chi connectivity index (χ0) is 10.6. The van der Waals surface area contributed by atoms with E-state index in [4.69, 9.17) is 11.6 Å². The predicted octanol–water partition coefficient (Wildman–Crippen LogP) is 2.41. The smallest absolute Gasteiger partial charge is 0.358 e. The number of rotatable bonds is 4. The van der Waals surface area contributed by atoms with Crippen molar-refractivity contribution in [1.29, 1.82) is 0 Å². The van der Waals surface area contributed by atoms with Gasteiger partial charge in [0.15, 0.2) is 0 Å². The van der Waals surface area contributed by atoms with Crippen molar-refractivity contribution in [3.05, 3.63) is 33.7 Å². The summed E-state index contributed by atoms with van der Waals surface area (Å²) in [5, 5.41) is 10.5. The van der Waals surface area contributed by atoms with E-state index < -0.39 is 4.92 Å². The van der Waals surface area contributed by atoms with E-state index in [0.29, 0.717) is 6.54 Å². The Kier molecular flexibility index (Phi) is 3.64. The lowest BCUT2D eigenvalue weighted by Gasteiger charge is -1.93. The Balaban J connectivity index is 2.77. The van der Waals surface area contributed by atoms with Crippen LogP contribution in [0.25, 0.3) is 0 Å². The molecule has 6 heteroatoms. The van der Waals surface area contributed by atoms with E-state index in [9.17, 15) is 10.1 Å². The highest BCUT2D eigenvalue weighted by atomic mass is 35.5. The summed E-state index contributed by atoms with van der Waals surface area (Å²) in [5.74, 6) is -0.222. The van der Waals surface area contributed by atoms with E-state index in [1.54, 1.807) is 0 Å². The van der Waals surface area contributed by atoms with Gasteiger partial charge < -0.3 is 10.1 Å². The largest absolute Gasteiger partial charge is 0.383 e. The van der Waals surface area contributed by atoms with Gasteiger partial charge in [-0.05, 0) is 27.9 Å². The Morgan fingerprint density at radius 3 is 2.93 bits per heavy atom. The molecule has 0 fully saturated rings. The van der Waals surface area contributed by atoms with Crippen LogP contribution in [0.15, 0.2) is 18.3 Å². The third-order valence-electron chi connectivity index (χ3n) is 1.61. The Hall–Kier alpha value is -1.36. The maximum atomic E-state index is 10.3. The van der Waals surface area contributed by atoms with Gasteiger partial charge in [-0.15, -0.1) is 0 Å². The molecule has 0 saturated heterocycles. The molecule has 0 N–H and O–H groups in total. The van der Waals surface area contributed by atoms with Crippen molar-refractivity contribution in [3.63, 3.8) is 0 Å². The second-order valence-electron chi connectivity index (χ2n) is 2.66. The monoisotopic (exact) mass is 215 g/mol. The Morgan fingerprint density at radius 1 is 1.71 bits per heavy atom. The van der Waals surface area contributed by atoms with Crippen molar-refractivity contribution in [3.8, 4) is 0 Å². The number of aromatic nitrogens is 2. The van der Waals surface area contributed by atoms with E-state index in [1.807, 2.05) is 19.1 Å². The fourth-order valence-corrected chi connectivity index (χ4v) is 1.16. The third kappa shape index (κ3) is 2.56. The highest BCUT2D eigenvalue weighted by Gasteiger charge is 2.15. The highest BCUT2D eigenvalue weighted by molar-refractivity contribution is 6.28. The molecule has 0 unspecified atom stereocenters. The number of imidazole rings is 1. The van der Waals surface area contributed by atoms with Crippen molar-refractivity contribution in [2.75, 3.05) is 0 Å². The zero-order valence-corrected chi connectivity index (χ0v) is 8.44. The Bertz CT molecular complexity index is 359. The van der Waals surface area contributed by atoms with Gasteiger partial charge in [0.05, 0.1) is 0 Å². The van der Waals surface area contributed by atoms with E-state index in [0.717, 1.165) is 6.42 Å². The molecule has 14 heavy (non-hydrogen) atoms. The molecule has 0 aromatic carbocycles. The van der Waals surface area contributed by atoms with Gasteiger partial charge in [-0.1, -0.05) is 19.1 Å². The number of allylic oxidation sites excluding steroid dienone is 2. The summed E-state index contributed by atoms with van der Waals surface area (Å²) in [6.45, 7) is 2.52. The van der Waals surface area contributed by atoms with Crippen molar-refractivity contribution in [2.45, 2.75) is 19.9 Å². The maximum absolute atomic E-state index is 10.3. The highest BCUT2D eigenvalue weighted by Crippen LogP contribution is 2.15. The topological polar surface area (TPSA) is 61.0 Å². The first kappa shape index (κ1) is 10.7. The molecule has 1 rings (SSSR count). The summed E-state index contributed by atoms with van der Waals surface area (Å²) < 4.78 is 1.52. The van der Waals surface area contributed by atoms with Gasteiger partial charge in [-0.3, -0.25) is 4.57 Å².